The number of carbonyl (C=O) groups excluding carboxylic acids is 1. The minimum absolute atomic E-state index is 0.202. The molecule has 2 aliphatic heterocycles. The molecule has 2 aliphatic rings. The third-order valence-electron chi connectivity index (χ3n) is 6.19. The number of benzene rings is 1. The number of hydrogen-bond acceptors (Lipinski definition) is 4. The van der Waals surface area contributed by atoms with Crippen molar-refractivity contribution in [3.63, 3.8) is 0 Å². The Labute approximate surface area is 167 Å². The number of aryl methyl sites for hydroxylation is 2. The van der Waals surface area contributed by atoms with Crippen LogP contribution in [0.1, 0.15) is 48.7 Å². The van der Waals surface area contributed by atoms with Crippen LogP contribution in [0.2, 0.25) is 0 Å². The number of carbonyl (C=O) groups is 1. The summed E-state index contributed by atoms with van der Waals surface area (Å²) in [5, 5.41) is 0. The van der Waals surface area contributed by atoms with Crippen LogP contribution in [0, 0.1) is 12.3 Å². The van der Waals surface area contributed by atoms with Gasteiger partial charge in [-0.25, -0.2) is 9.97 Å². The highest BCUT2D eigenvalue weighted by atomic mass is 16.2. The van der Waals surface area contributed by atoms with Crippen LogP contribution in [-0.2, 0) is 24.3 Å². The van der Waals surface area contributed by atoms with Gasteiger partial charge in [0.05, 0.1) is 5.41 Å². The van der Waals surface area contributed by atoms with Gasteiger partial charge in [-0.2, -0.15) is 0 Å². The van der Waals surface area contributed by atoms with Crippen molar-refractivity contribution in [1.29, 1.82) is 0 Å². The van der Waals surface area contributed by atoms with Crippen LogP contribution in [-0.4, -0.2) is 45.3 Å². The fourth-order valence-electron chi connectivity index (χ4n) is 4.71. The summed E-state index contributed by atoms with van der Waals surface area (Å²) in [6.45, 7) is 8.43. The second-order valence-corrected chi connectivity index (χ2v) is 8.42. The maximum absolute atomic E-state index is 13.4. The molecule has 4 rings (SSSR count). The molecule has 28 heavy (non-hydrogen) atoms. The average molecular weight is 379 g/mol. The van der Waals surface area contributed by atoms with Gasteiger partial charge in [-0.15, -0.1) is 0 Å². The highest BCUT2D eigenvalue weighted by Crippen LogP contribution is 2.40. The van der Waals surface area contributed by atoms with Crippen molar-refractivity contribution in [3.05, 3.63) is 59.2 Å². The fourth-order valence-corrected chi connectivity index (χ4v) is 4.71. The molecule has 0 saturated carbocycles. The first-order valence-corrected chi connectivity index (χ1v) is 10.4. The fraction of sp³-hybridized carbons (Fsp3) is 0.522. The molecule has 1 spiro atoms. The van der Waals surface area contributed by atoms with Crippen molar-refractivity contribution in [1.82, 2.24) is 19.8 Å². The molecule has 2 fully saturated rings. The Hall–Kier alpha value is -2.27. The molecule has 0 aliphatic carbocycles. The predicted octanol–water partition coefficient (Wildman–Crippen LogP) is 3.36. The van der Waals surface area contributed by atoms with E-state index in [0.717, 1.165) is 69.8 Å². The first kappa shape index (κ1) is 19.1. The molecule has 1 aromatic carbocycles. The van der Waals surface area contributed by atoms with Crippen LogP contribution in [0.4, 0.5) is 0 Å². The summed E-state index contributed by atoms with van der Waals surface area (Å²) in [6.07, 6.45) is 7.80. The molecule has 148 valence electrons. The van der Waals surface area contributed by atoms with Crippen molar-refractivity contribution in [2.75, 3.05) is 19.6 Å². The van der Waals surface area contributed by atoms with Crippen LogP contribution < -0.4 is 0 Å². The molecule has 5 heteroatoms. The van der Waals surface area contributed by atoms with E-state index in [9.17, 15) is 4.79 Å². The predicted molar refractivity (Wildman–Crippen MR) is 110 cm³/mol. The van der Waals surface area contributed by atoms with Gasteiger partial charge in [0.1, 0.15) is 5.82 Å². The summed E-state index contributed by atoms with van der Waals surface area (Å²) in [6, 6.07) is 8.50. The minimum atomic E-state index is -0.202. The SMILES string of the molecule is CCc1ncc(CN2CCC3(CCCN(Cc4cccc(C)c4)C3=O)C2)cn1. The van der Waals surface area contributed by atoms with Crippen molar-refractivity contribution in [2.24, 2.45) is 5.41 Å². The Balaban J connectivity index is 1.41. The van der Waals surface area contributed by atoms with E-state index in [1.807, 2.05) is 12.4 Å². The first-order chi connectivity index (χ1) is 13.6. The number of hydrogen-bond donors (Lipinski definition) is 0. The summed E-state index contributed by atoms with van der Waals surface area (Å²) < 4.78 is 0. The average Bonchev–Trinajstić information content (AvgIpc) is 3.10. The quantitative estimate of drug-likeness (QED) is 0.800. The van der Waals surface area contributed by atoms with Crippen LogP contribution in [0.3, 0.4) is 0 Å². The molecule has 1 aromatic heterocycles. The van der Waals surface area contributed by atoms with E-state index in [4.69, 9.17) is 0 Å². The highest BCUT2D eigenvalue weighted by molar-refractivity contribution is 5.84. The molecular weight excluding hydrogens is 348 g/mol. The van der Waals surface area contributed by atoms with Crippen molar-refractivity contribution >= 4 is 5.91 Å². The van der Waals surface area contributed by atoms with E-state index in [1.54, 1.807) is 0 Å². The number of nitrogens with zero attached hydrogens (tertiary/aromatic N) is 4. The number of aromatic nitrogens is 2. The maximum Gasteiger partial charge on any atom is 0.230 e. The smallest absolute Gasteiger partial charge is 0.230 e. The lowest BCUT2D eigenvalue weighted by atomic mass is 9.78. The number of rotatable bonds is 5. The zero-order valence-electron chi connectivity index (χ0n) is 17.0. The van der Waals surface area contributed by atoms with Gasteiger partial charge in [0.2, 0.25) is 5.91 Å². The van der Waals surface area contributed by atoms with Gasteiger partial charge >= 0.3 is 0 Å². The Morgan fingerprint density at radius 3 is 2.64 bits per heavy atom. The molecule has 1 amide bonds. The van der Waals surface area contributed by atoms with Crippen molar-refractivity contribution < 1.29 is 4.79 Å². The summed E-state index contributed by atoms with van der Waals surface area (Å²) in [5.74, 6) is 1.23. The molecular formula is C23H30N4O. The molecule has 1 unspecified atom stereocenters. The molecule has 3 heterocycles. The van der Waals surface area contributed by atoms with E-state index in [-0.39, 0.29) is 5.41 Å². The summed E-state index contributed by atoms with van der Waals surface area (Å²) in [4.78, 5) is 26.7. The zero-order chi connectivity index (χ0) is 19.6. The first-order valence-electron chi connectivity index (χ1n) is 10.4. The Bertz CT molecular complexity index is 835. The van der Waals surface area contributed by atoms with E-state index in [2.05, 4.69) is 57.9 Å². The summed E-state index contributed by atoms with van der Waals surface area (Å²) in [5.41, 5.74) is 3.41. The third kappa shape index (κ3) is 3.95. The van der Waals surface area contributed by atoms with Crippen LogP contribution in [0.25, 0.3) is 0 Å². The summed E-state index contributed by atoms with van der Waals surface area (Å²) in [7, 11) is 0. The maximum atomic E-state index is 13.4. The van der Waals surface area contributed by atoms with Gasteiger partial charge in [0.25, 0.3) is 0 Å². The second kappa shape index (κ2) is 8.00. The lowest BCUT2D eigenvalue weighted by Gasteiger charge is -2.39. The molecule has 0 bridgehead atoms. The molecule has 0 N–H and O–H groups in total. The van der Waals surface area contributed by atoms with Crippen LogP contribution in [0.15, 0.2) is 36.7 Å². The monoisotopic (exact) mass is 378 g/mol. The molecule has 1 atom stereocenters. The number of amides is 1. The minimum Gasteiger partial charge on any atom is -0.338 e. The molecule has 0 radical (unpaired) electrons. The molecule has 5 nitrogen and oxygen atoms in total. The molecule has 2 aromatic rings. The lowest BCUT2D eigenvalue weighted by molar-refractivity contribution is -0.146. The number of likely N-dealkylation sites (tertiary alicyclic amines) is 2. The topological polar surface area (TPSA) is 49.3 Å². The van der Waals surface area contributed by atoms with Gasteiger partial charge in [0.15, 0.2) is 0 Å². The third-order valence-corrected chi connectivity index (χ3v) is 6.19. The van der Waals surface area contributed by atoms with E-state index in [1.165, 1.54) is 11.1 Å². The summed E-state index contributed by atoms with van der Waals surface area (Å²) >= 11 is 0. The van der Waals surface area contributed by atoms with Gasteiger partial charge in [0, 0.05) is 50.6 Å². The highest BCUT2D eigenvalue weighted by Gasteiger charge is 2.48. The lowest BCUT2D eigenvalue weighted by Crippen LogP contribution is -2.49. The number of piperidine rings is 1. The van der Waals surface area contributed by atoms with Crippen LogP contribution >= 0.6 is 0 Å². The zero-order valence-corrected chi connectivity index (χ0v) is 17.0. The van der Waals surface area contributed by atoms with Gasteiger partial charge in [-0.05, 0) is 38.3 Å². The standard InChI is InChI=1S/C23H30N4O/c1-3-21-24-13-20(14-25-21)15-26-11-9-23(17-26)8-5-10-27(22(23)28)16-19-7-4-6-18(2)12-19/h4,6-7,12-14H,3,5,8-11,15-17H2,1-2H3. The van der Waals surface area contributed by atoms with Gasteiger partial charge in [-0.3, -0.25) is 9.69 Å². The van der Waals surface area contributed by atoms with Crippen molar-refractivity contribution in [3.8, 4) is 0 Å². The van der Waals surface area contributed by atoms with E-state index >= 15 is 0 Å². The van der Waals surface area contributed by atoms with E-state index in [0.29, 0.717) is 5.91 Å². The normalized spacial score (nSPS) is 22.9. The second-order valence-electron chi connectivity index (χ2n) is 8.42. The molecule has 2 saturated heterocycles. The van der Waals surface area contributed by atoms with Crippen LogP contribution in [0.5, 0.6) is 0 Å². The Kier molecular flexibility index (Phi) is 5.44. The van der Waals surface area contributed by atoms with Crippen molar-refractivity contribution in [2.45, 2.75) is 52.6 Å². The van der Waals surface area contributed by atoms with Gasteiger partial charge < -0.3 is 4.90 Å². The Morgan fingerprint density at radius 1 is 1.07 bits per heavy atom. The van der Waals surface area contributed by atoms with Gasteiger partial charge in [-0.1, -0.05) is 36.8 Å². The van der Waals surface area contributed by atoms with E-state index < -0.39 is 0 Å². The Morgan fingerprint density at radius 2 is 1.89 bits per heavy atom. The largest absolute Gasteiger partial charge is 0.338 e.